The quantitative estimate of drug-likeness (QED) is 0.797. The number of nitrogens with one attached hydrogen (secondary N) is 1. The minimum atomic E-state index is 0.267. The smallest absolute Gasteiger partial charge is 0.143 e. The molecule has 1 atom stereocenters. The molecule has 90 valence electrons. The van der Waals surface area contributed by atoms with Crippen LogP contribution in [0.5, 0.6) is 0 Å². The molecule has 0 spiro atoms. The molecule has 2 rings (SSSR count). The standard InChI is InChI=1S/C12H12BrClN2S/c1-7-3-4-11(17-7)8(2)16-9-5-10(13)12(14)15-6-9/h3-6,8,16H,1-2H3. The van der Waals surface area contributed by atoms with Crippen molar-refractivity contribution in [2.45, 2.75) is 19.9 Å². The molecule has 0 bridgehead atoms. The Labute approximate surface area is 118 Å². The van der Waals surface area contributed by atoms with Crippen LogP contribution in [0.25, 0.3) is 0 Å². The minimum Gasteiger partial charge on any atom is -0.376 e. The Balaban J connectivity index is 2.12. The maximum Gasteiger partial charge on any atom is 0.143 e. The molecular formula is C12H12BrClN2S. The van der Waals surface area contributed by atoms with E-state index in [4.69, 9.17) is 11.6 Å². The maximum atomic E-state index is 5.85. The van der Waals surface area contributed by atoms with Gasteiger partial charge in [-0.05, 0) is 48.0 Å². The van der Waals surface area contributed by atoms with E-state index < -0.39 is 0 Å². The molecule has 1 N–H and O–H groups in total. The fourth-order valence-corrected chi connectivity index (χ4v) is 2.84. The lowest BCUT2D eigenvalue weighted by Crippen LogP contribution is -2.05. The molecule has 2 aromatic rings. The molecule has 1 unspecified atom stereocenters. The number of rotatable bonds is 3. The van der Waals surface area contributed by atoms with E-state index >= 15 is 0 Å². The van der Waals surface area contributed by atoms with Gasteiger partial charge >= 0.3 is 0 Å². The largest absolute Gasteiger partial charge is 0.376 e. The van der Waals surface area contributed by atoms with Crippen LogP contribution < -0.4 is 5.32 Å². The first-order valence-corrected chi connectivity index (χ1v) is 7.19. The number of pyridine rings is 1. The number of hydrogen-bond donors (Lipinski definition) is 1. The normalized spacial score (nSPS) is 12.5. The highest BCUT2D eigenvalue weighted by Crippen LogP contribution is 2.28. The van der Waals surface area contributed by atoms with Gasteiger partial charge in [-0.25, -0.2) is 4.98 Å². The molecule has 0 amide bonds. The fraction of sp³-hybridized carbons (Fsp3) is 0.250. The van der Waals surface area contributed by atoms with Gasteiger partial charge in [-0.1, -0.05) is 11.6 Å². The molecule has 0 aromatic carbocycles. The van der Waals surface area contributed by atoms with Crippen LogP contribution in [0, 0.1) is 6.92 Å². The van der Waals surface area contributed by atoms with Crippen LogP contribution in [0.1, 0.15) is 22.7 Å². The van der Waals surface area contributed by atoms with E-state index in [2.05, 4.69) is 52.2 Å². The first kappa shape index (κ1) is 12.9. The van der Waals surface area contributed by atoms with Crippen molar-refractivity contribution in [1.29, 1.82) is 0 Å². The number of nitrogens with zero attached hydrogens (tertiary/aromatic N) is 1. The van der Waals surface area contributed by atoms with Crippen LogP contribution in [0.3, 0.4) is 0 Å². The van der Waals surface area contributed by atoms with E-state index in [0.717, 1.165) is 10.2 Å². The zero-order chi connectivity index (χ0) is 12.4. The molecule has 0 radical (unpaired) electrons. The molecule has 0 saturated carbocycles. The summed E-state index contributed by atoms with van der Waals surface area (Å²) in [5, 5.41) is 3.88. The number of hydrogen-bond acceptors (Lipinski definition) is 3. The van der Waals surface area contributed by atoms with Gasteiger partial charge in [0.1, 0.15) is 5.15 Å². The molecule has 5 heteroatoms. The molecule has 0 aliphatic rings. The molecule has 0 saturated heterocycles. The zero-order valence-electron chi connectivity index (χ0n) is 9.50. The van der Waals surface area contributed by atoms with Crippen LogP contribution in [0.15, 0.2) is 28.9 Å². The van der Waals surface area contributed by atoms with Crippen molar-refractivity contribution in [2.24, 2.45) is 0 Å². The van der Waals surface area contributed by atoms with Gasteiger partial charge in [0.2, 0.25) is 0 Å². The van der Waals surface area contributed by atoms with E-state index in [0.29, 0.717) is 5.15 Å². The minimum absolute atomic E-state index is 0.267. The summed E-state index contributed by atoms with van der Waals surface area (Å²) >= 11 is 11.0. The summed E-state index contributed by atoms with van der Waals surface area (Å²) in [6, 6.07) is 6.49. The Bertz CT molecular complexity index is 527. The van der Waals surface area contributed by atoms with Crippen molar-refractivity contribution in [3.05, 3.63) is 43.8 Å². The number of anilines is 1. The van der Waals surface area contributed by atoms with Crippen molar-refractivity contribution in [1.82, 2.24) is 4.98 Å². The van der Waals surface area contributed by atoms with Crippen LogP contribution in [-0.4, -0.2) is 4.98 Å². The van der Waals surface area contributed by atoms with Crippen LogP contribution in [0.4, 0.5) is 5.69 Å². The number of halogens is 2. The molecular weight excluding hydrogens is 320 g/mol. The predicted octanol–water partition coefficient (Wildman–Crippen LogP) is 5.04. The highest BCUT2D eigenvalue weighted by atomic mass is 79.9. The summed E-state index contributed by atoms with van der Waals surface area (Å²) < 4.78 is 0.804. The van der Waals surface area contributed by atoms with Crippen LogP contribution in [0.2, 0.25) is 5.15 Å². The first-order chi connectivity index (χ1) is 8.06. The maximum absolute atomic E-state index is 5.85. The summed E-state index contributed by atoms with van der Waals surface area (Å²) in [5.74, 6) is 0. The molecule has 2 heterocycles. The second-order valence-electron chi connectivity index (χ2n) is 3.81. The number of aryl methyl sites for hydroxylation is 1. The van der Waals surface area contributed by atoms with E-state index in [-0.39, 0.29) is 6.04 Å². The average Bonchev–Trinajstić information content (AvgIpc) is 2.70. The van der Waals surface area contributed by atoms with Gasteiger partial charge in [0.25, 0.3) is 0 Å². The van der Waals surface area contributed by atoms with Gasteiger partial charge in [-0.2, -0.15) is 0 Å². The molecule has 0 aliphatic heterocycles. The van der Waals surface area contributed by atoms with E-state index in [1.165, 1.54) is 9.75 Å². The highest BCUT2D eigenvalue weighted by molar-refractivity contribution is 9.10. The lowest BCUT2D eigenvalue weighted by atomic mass is 10.2. The summed E-state index contributed by atoms with van der Waals surface area (Å²) in [5.41, 5.74) is 0.958. The van der Waals surface area contributed by atoms with Crippen molar-refractivity contribution >= 4 is 44.6 Å². The first-order valence-electron chi connectivity index (χ1n) is 5.20. The van der Waals surface area contributed by atoms with Crippen molar-refractivity contribution in [3.8, 4) is 0 Å². The second-order valence-corrected chi connectivity index (χ2v) is 6.34. The van der Waals surface area contributed by atoms with Crippen LogP contribution >= 0.6 is 38.9 Å². The highest BCUT2D eigenvalue weighted by Gasteiger charge is 2.08. The fourth-order valence-electron chi connectivity index (χ4n) is 1.51. The predicted molar refractivity (Wildman–Crippen MR) is 78.0 cm³/mol. The Morgan fingerprint density at radius 3 is 2.82 bits per heavy atom. The Kier molecular flexibility index (Phi) is 4.07. The number of thiophene rings is 1. The summed E-state index contributed by atoms with van der Waals surface area (Å²) in [6.07, 6.45) is 1.74. The van der Waals surface area contributed by atoms with Crippen molar-refractivity contribution < 1.29 is 0 Å². The van der Waals surface area contributed by atoms with E-state index in [1.807, 2.05) is 6.07 Å². The molecule has 17 heavy (non-hydrogen) atoms. The van der Waals surface area contributed by atoms with Gasteiger partial charge in [0, 0.05) is 9.75 Å². The van der Waals surface area contributed by atoms with E-state index in [1.54, 1.807) is 17.5 Å². The van der Waals surface area contributed by atoms with Gasteiger partial charge in [0.05, 0.1) is 22.4 Å². The lowest BCUT2D eigenvalue weighted by molar-refractivity contribution is 0.905. The number of aromatic nitrogens is 1. The van der Waals surface area contributed by atoms with Gasteiger partial charge < -0.3 is 5.32 Å². The monoisotopic (exact) mass is 330 g/mol. The van der Waals surface area contributed by atoms with Crippen LogP contribution in [-0.2, 0) is 0 Å². The lowest BCUT2D eigenvalue weighted by Gasteiger charge is -2.13. The SMILES string of the molecule is Cc1ccc(C(C)Nc2cnc(Cl)c(Br)c2)s1. The third-order valence-corrected chi connectivity index (χ3v) is 4.68. The third kappa shape index (κ3) is 3.21. The molecule has 0 aliphatic carbocycles. The topological polar surface area (TPSA) is 24.9 Å². The average molecular weight is 332 g/mol. The molecule has 2 nitrogen and oxygen atoms in total. The van der Waals surface area contributed by atoms with Gasteiger partial charge in [-0.3, -0.25) is 0 Å². The van der Waals surface area contributed by atoms with Gasteiger partial charge in [0.15, 0.2) is 0 Å². The Morgan fingerprint density at radius 1 is 1.47 bits per heavy atom. The summed E-state index contributed by atoms with van der Waals surface area (Å²) in [7, 11) is 0. The van der Waals surface area contributed by atoms with Crippen molar-refractivity contribution in [3.63, 3.8) is 0 Å². The van der Waals surface area contributed by atoms with Gasteiger partial charge in [-0.15, -0.1) is 11.3 Å². The van der Waals surface area contributed by atoms with E-state index in [9.17, 15) is 0 Å². The van der Waals surface area contributed by atoms with Crippen molar-refractivity contribution in [2.75, 3.05) is 5.32 Å². The molecule has 0 fully saturated rings. The molecule has 2 aromatic heterocycles. The Morgan fingerprint density at radius 2 is 2.24 bits per heavy atom. The summed E-state index contributed by atoms with van der Waals surface area (Å²) in [6.45, 7) is 4.25. The zero-order valence-corrected chi connectivity index (χ0v) is 12.7. The second kappa shape index (κ2) is 5.38. The summed E-state index contributed by atoms with van der Waals surface area (Å²) in [4.78, 5) is 6.73. The Hall–Kier alpha value is -0.580. The third-order valence-electron chi connectivity index (χ3n) is 2.37.